The first-order chi connectivity index (χ1) is 10.8. The smallest absolute Gasteiger partial charge is 0.191 e. The van der Waals surface area contributed by atoms with Gasteiger partial charge in [0.2, 0.25) is 0 Å². The van der Waals surface area contributed by atoms with Crippen LogP contribution in [0.4, 0.5) is 0 Å². The molecule has 1 unspecified atom stereocenters. The van der Waals surface area contributed by atoms with E-state index >= 15 is 0 Å². The third kappa shape index (κ3) is 9.75. The molecule has 0 fully saturated rings. The van der Waals surface area contributed by atoms with Crippen LogP contribution >= 0.6 is 24.0 Å². The summed E-state index contributed by atoms with van der Waals surface area (Å²) in [6, 6.07) is 9.95. The maximum Gasteiger partial charge on any atom is 0.191 e. The van der Waals surface area contributed by atoms with Gasteiger partial charge in [-0.25, -0.2) is 0 Å². The van der Waals surface area contributed by atoms with E-state index in [-0.39, 0.29) is 36.5 Å². The minimum Gasteiger partial charge on any atom is -0.396 e. The molecule has 7 heteroatoms. The second kappa shape index (κ2) is 14.7. The second-order valence-corrected chi connectivity index (χ2v) is 4.78. The molecular formula is C16H28IN3O3. The van der Waals surface area contributed by atoms with Crippen LogP contribution in [0.5, 0.6) is 0 Å². The Morgan fingerprint density at radius 3 is 2.52 bits per heavy atom. The predicted octanol–water partition coefficient (Wildman–Crippen LogP) is 1.21. The molecule has 0 spiro atoms. The van der Waals surface area contributed by atoms with Crippen molar-refractivity contribution in [2.75, 3.05) is 53.7 Å². The molecule has 0 aromatic heterocycles. The van der Waals surface area contributed by atoms with E-state index in [9.17, 15) is 5.11 Å². The number of ether oxygens (including phenoxy) is 2. The molecule has 132 valence electrons. The van der Waals surface area contributed by atoms with Crippen LogP contribution < -0.4 is 10.6 Å². The van der Waals surface area contributed by atoms with Gasteiger partial charge in [0.05, 0.1) is 26.4 Å². The summed E-state index contributed by atoms with van der Waals surface area (Å²) >= 11 is 0. The molecule has 0 aliphatic heterocycles. The zero-order valence-electron chi connectivity index (χ0n) is 13.8. The fourth-order valence-electron chi connectivity index (χ4n) is 1.94. The number of guanidine groups is 1. The van der Waals surface area contributed by atoms with Gasteiger partial charge in [-0.1, -0.05) is 30.3 Å². The highest BCUT2D eigenvalue weighted by atomic mass is 127. The first-order valence-corrected chi connectivity index (χ1v) is 7.48. The van der Waals surface area contributed by atoms with Gasteiger partial charge in [-0.15, -0.1) is 24.0 Å². The molecule has 23 heavy (non-hydrogen) atoms. The lowest BCUT2D eigenvalue weighted by atomic mass is 10.0. The third-order valence-electron chi connectivity index (χ3n) is 3.20. The molecule has 0 saturated carbocycles. The Balaban J connectivity index is 0.00000484. The number of hydrogen-bond acceptors (Lipinski definition) is 4. The SMILES string of the molecule is CN=C(NCCOCCOC)NCC(CO)c1ccccc1.I. The van der Waals surface area contributed by atoms with E-state index in [0.29, 0.717) is 38.9 Å². The van der Waals surface area contributed by atoms with Crippen LogP contribution in [0.2, 0.25) is 0 Å². The summed E-state index contributed by atoms with van der Waals surface area (Å²) in [5, 5.41) is 15.9. The van der Waals surface area contributed by atoms with Crippen molar-refractivity contribution in [2.24, 2.45) is 4.99 Å². The number of methoxy groups -OCH3 is 1. The van der Waals surface area contributed by atoms with Gasteiger partial charge in [-0.2, -0.15) is 0 Å². The number of aliphatic hydroxyl groups excluding tert-OH is 1. The molecule has 0 bridgehead atoms. The standard InChI is InChI=1S/C16H27N3O3.HI/c1-17-16(18-8-9-22-11-10-21-2)19-12-15(13-20)14-6-4-3-5-7-14;/h3-7,15,20H,8-13H2,1-2H3,(H2,17,18,19);1H. The lowest BCUT2D eigenvalue weighted by Crippen LogP contribution is -2.41. The molecule has 0 amide bonds. The highest BCUT2D eigenvalue weighted by Crippen LogP contribution is 2.13. The number of aliphatic imine (C=N–C) groups is 1. The number of rotatable bonds is 10. The summed E-state index contributed by atoms with van der Waals surface area (Å²) < 4.78 is 10.3. The minimum atomic E-state index is 0. The van der Waals surface area contributed by atoms with Crippen molar-refractivity contribution in [3.8, 4) is 0 Å². The minimum absolute atomic E-state index is 0. The van der Waals surface area contributed by atoms with Crippen molar-refractivity contribution in [1.29, 1.82) is 0 Å². The van der Waals surface area contributed by atoms with Crippen LogP contribution in [0, 0.1) is 0 Å². The van der Waals surface area contributed by atoms with E-state index in [2.05, 4.69) is 15.6 Å². The topological polar surface area (TPSA) is 75.1 Å². The molecule has 0 saturated heterocycles. The number of aliphatic hydroxyl groups is 1. The van der Waals surface area contributed by atoms with Crippen molar-refractivity contribution >= 4 is 29.9 Å². The molecular weight excluding hydrogens is 409 g/mol. The Labute approximate surface area is 155 Å². The first kappa shape index (κ1) is 22.1. The van der Waals surface area contributed by atoms with E-state index in [0.717, 1.165) is 5.56 Å². The highest BCUT2D eigenvalue weighted by molar-refractivity contribution is 14.0. The molecule has 1 rings (SSSR count). The summed E-state index contributed by atoms with van der Waals surface area (Å²) in [4.78, 5) is 4.15. The quantitative estimate of drug-likeness (QED) is 0.222. The molecule has 1 aromatic carbocycles. The molecule has 0 heterocycles. The summed E-state index contributed by atoms with van der Waals surface area (Å²) in [6.45, 7) is 3.15. The number of halogens is 1. The Hall–Kier alpha value is -0.900. The van der Waals surface area contributed by atoms with Crippen LogP contribution in [0.25, 0.3) is 0 Å². The van der Waals surface area contributed by atoms with Crippen molar-refractivity contribution in [1.82, 2.24) is 10.6 Å². The van der Waals surface area contributed by atoms with Crippen LogP contribution in [0.15, 0.2) is 35.3 Å². The third-order valence-corrected chi connectivity index (χ3v) is 3.20. The summed E-state index contributed by atoms with van der Waals surface area (Å²) in [5.41, 5.74) is 1.11. The molecule has 1 atom stereocenters. The predicted molar refractivity (Wildman–Crippen MR) is 104 cm³/mol. The van der Waals surface area contributed by atoms with Gasteiger partial charge in [-0.3, -0.25) is 4.99 Å². The Morgan fingerprint density at radius 1 is 1.17 bits per heavy atom. The molecule has 0 aliphatic carbocycles. The Kier molecular flexibility index (Phi) is 14.1. The molecule has 3 N–H and O–H groups in total. The van der Waals surface area contributed by atoms with Crippen LogP contribution in [0.3, 0.4) is 0 Å². The largest absolute Gasteiger partial charge is 0.396 e. The van der Waals surface area contributed by atoms with Crippen LogP contribution in [-0.2, 0) is 9.47 Å². The van der Waals surface area contributed by atoms with Crippen molar-refractivity contribution in [2.45, 2.75) is 5.92 Å². The maximum absolute atomic E-state index is 9.53. The van der Waals surface area contributed by atoms with E-state index < -0.39 is 0 Å². The van der Waals surface area contributed by atoms with Gasteiger partial charge in [0.15, 0.2) is 5.96 Å². The van der Waals surface area contributed by atoms with Crippen LogP contribution in [0.1, 0.15) is 11.5 Å². The fourth-order valence-corrected chi connectivity index (χ4v) is 1.94. The number of nitrogens with zero attached hydrogens (tertiary/aromatic N) is 1. The lowest BCUT2D eigenvalue weighted by Gasteiger charge is -2.18. The number of benzene rings is 1. The summed E-state index contributed by atoms with van der Waals surface area (Å²) in [5.74, 6) is 0.738. The van der Waals surface area contributed by atoms with Gasteiger partial charge in [0.1, 0.15) is 0 Å². The zero-order valence-corrected chi connectivity index (χ0v) is 16.2. The van der Waals surface area contributed by atoms with Crippen molar-refractivity contribution < 1.29 is 14.6 Å². The van der Waals surface area contributed by atoms with Gasteiger partial charge in [0, 0.05) is 33.2 Å². The summed E-state index contributed by atoms with van der Waals surface area (Å²) in [7, 11) is 3.37. The Morgan fingerprint density at radius 2 is 1.91 bits per heavy atom. The van der Waals surface area contributed by atoms with Crippen LogP contribution in [-0.4, -0.2) is 64.7 Å². The van der Waals surface area contributed by atoms with Gasteiger partial charge in [0.25, 0.3) is 0 Å². The average Bonchev–Trinajstić information content (AvgIpc) is 2.57. The van der Waals surface area contributed by atoms with E-state index in [1.54, 1.807) is 14.2 Å². The van der Waals surface area contributed by atoms with Crippen molar-refractivity contribution in [3.63, 3.8) is 0 Å². The van der Waals surface area contributed by atoms with E-state index in [1.807, 2.05) is 30.3 Å². The Bertz CT molecular complexity index is 418. The van der Waals surface area contributed by atoms with E-state index in [4.69, 9.17) is 9.47 Å². The van der Waals surface area contributed by atoms with Crippen molar-refractivity contribution in [3.05, 3.63) is 35.9 Å². The van der Waals surface area contributed by atoms with Gasteiger partial charge in [-0.05, 0) is 5.56 Å². The first-order valence-electron chi connectivity index (χ1n) is 7.48. The fraction of sp³-hybridized carbons (Fsp3) is 0.562. The second-order valence-electron chi connectivity index (χ2n) is 4.78. The molecule has 0 radical (unpaired) electrons. The molecule has 1 aromatic rings. The van der Waals surface area contributed by atoms with Gasteiger partial charge >= 0.3 is 0 Å². The number of hydrogen-bond donors (Lipinski definition) is 3. The summed E-state index contributed by atoms with van der Waals surface area (Å²) in [6.07, 6.45) is 0. The zero-order chi connectivity index (χ0) is 16.0. The molecule has 6 nitrogen and oxygen atoms in total. The lowest BCUT2D eigenvalue weighted by molar-refractivity contribution is 0.0733. The number of nitrogens with one attached hydrogen (secondary N) is 2. The monoisotopic (exact) mass is 437 g/mol. The average molecular weight is 437 g/mol. The normalized spacial score (nSPS) is 12.4. The highest BCUT2D eigenvalue weighted by Gasteiger charge is 2.10. The molecule has 0 aliphatic rings. The maximum atomic E-state index is 9.53. The van der Waals surface area contributed by atoms with E-state index in [1.165, 1.54) is 0 Å². The van der Waals surface area contributed by atoms with Gasteiger partial charge < -0.3 is 25.2 Å².